The van der Waals surface area contributed by atoms with E-state index in [1.54, 1.807) is 17.9 Å². The van der Waals surface area contributed by atoms with Crippen LogP contribution in [0.5, 0.6) is 11.5 Å². The van der Waals surface area contributed by atoms with Gasteiger partial charge in [0.2, 0.25) is 0 Å². The molecule has 1 heterocycles. The molecule has 0 aliphatic heterocycles. The molecule has 0 fully saturated rings. The average Bonchev–Trinajstić information content (AvgIpc) is 2.82. The van der Waals surface area contributed by atoms with Gasteiger partial charge in [0.25, 0.3) is 0 Å². The van der Waals surface area contributed by atoms with Crippen LogP contribution < -0.4 is 15.2 Å². The number of halogens is 1. The molecule has 0 aliphatic carbocycles. The maximum Gasteiger partial charge on any atom is 0.165 e. The van der Waals surface area contributed by atoms with Gasteiger partial charge in [-0.15, -0.1) is 0 Å². The molecule has 2 N–H and O–H groups in total. The SMILES string of the molecule is COc1cc(Cl)cc(CC(C)N)c1OCc1ccn(C)n1. The second kappa shape index (κ2) is 6.83. The maximum atomic E-state index is 6.11. The zero-order chi connectivity index (χ0) is 15.4. The fraction of sp³-hybridized carbons (Fsp3) is 0.400. The first-order valence-electron chi connectivity index (χ1n) is 6.73. The van der Waals surface area contributed by atoms with Gasteiger partial charge in [-0.25, -0.2) is 0 Å². The molecule has 0 saturated heterocycles. The lowest BCUT2D eigenvalue weighted by Gasteiger charge is -2.16. The van der Waals surface area contributed by atoms with Crippen LogP contribution in [0.25, 0.3) is 0 Å². The van der Waals surface area contributed by atoms with Crippen molar-refractivity contribution in [1.82, 2.24) is 9.78 Å². The zero-order valence-electron chi connectivity index (χ0n) is 12.5. The summed E-state index contributed by atoms with van der Waals surface area (Å²) in [6.45, 7) is 2.31. The van der Waals surface area contributed by atoms with Crippen LogP contribution in [0.1, 0.15) is 18.2 Å². The highest BCUT2D eigenvalue weighted by atomic mass is 35.5. The number of benzene rings is 1. The molecule has 0 bridgehead atoms. The van der Waals surface area contributed by atoms with Crippen LogP contribution in [0.3, 0.4) is 0 Å². The molecular weight excluding hydrogens is 290 g/mol. The van der Waals surface area contributed by atoms with Gasteiger partial charge in [-0.3, -0.25) is 4.68 Å². The molecule has 2 aromatic rings. The van der Waals surface area contributed by atoms with Crippen LogP contribution in [0.4, 0.5) is 0 Å². The van der Waals surface area contributed by atoms with Gasteiger partial charge in [0.05, 0.1) is 12.8 Å². The molecule has 1 unspecified atom stereocenters. The Morgan fingerprint density at radius 3 is 2.76 bits per heavy atom. The normalized spacial score (nSPS) is 12.2. The summed E-state index contributed by atoms with van der Waals surface area (Å²) in [6.07, 6.45) is 2.54. The quantitative estimate of drug-likeness (QED) is 0.891. The Balaban J connectivity index is 2.26. The highest BCUT2D eigenvalue weighted by Crippen LogP contribution is 2.35. The van der Waals surface area contributed by atoms with Gasteiger partial charge in [-0.05, 0) is 25.5 Å². The summed E-state index contributed by atoms with van der Waals surface area (Å²) in [5.74, 6) is 1.28. The van der Waals surface area contributed by atoms with Crippen molar-refractivity contribution in [2.24, 2.45) is 12.8 Å². The van der Waals surface area contributed by atoms with E-state index >= 15 is 0 Å². The Hall–Kier alpha value is -1.72. The van der Waals surface area contributed by atoms with E-state index in [1.807, 2.05) is 32.3 Å². The van der Waals surface area contributed by atoms with Crippen LogP contribution >= 0.6 is 11.6 Å². The summed E-state index contributed by atoms with van der Waals surface area (Å²) in [7, 11) is 3.46. The van der Waals surface area contributed by atoms with Crippen molar-refractivity contribution in [2.75, 3.05) is 7.11 Å². The van der Waals surface area contributed by atoms with Gasteiger partial charge in [0.1, 0.15) is 6.61 Å². The molecule has 1 aromatic carbocycles. The lowest BCUT2D eigenvalue weighted by molar-refractivity contribution is 0.276. The van der Waals surface area contributed by atoms with Crippen molar-refractivity contribution in [1.29, 1.82) is 0 Å². The third kappa shape index (κ3) is 4.12. The molecule has 1 atom stereocenters. The van der Waals surface area contributed by atoms with Crippen molar-refractivity contribution in [2.45, 2.75) is 26.0 Å². The molecule has 6 heteroatoms. The molecule has 5 nitrogen and oxygen atoms in total. The molecule has 2 rings (SSSR count). The van der Waals surface area contributed by atoms with Gasteiger partial charge < -0.3 is 15.2 Å². The van der Waals surface area contributed by atoms with E-state index in [9.17, 15) is 0 Å². The summed E-state index contributed by atoms with van der Waals surface area (Å²) in [4.78, 5) is 0. The summed E-state index contributed by atoms with van der Waals surface area (Å²) in [5.41, 5.74) is 7.67. The summed E-state index contributed by atoms with van der Waals surface area (Å²) < 4.78 is 13.0. The third-order valence-electron chi connectivity index (χ3n) is 2.99. The van der Waals surface area contributed by atoms with E-state index in [4.69, 9.17) is 26.8 Å². The number of rotatable bonds is 6. The number of aryl methyl sites for hydroxylation is 1. The second-order valence-corrected chi connectivity index (χ2v) is 5.48. The highest BCUT2D eigenvalue weighted by Gasteiger charge is 2.15. The number of hydrogen-bond acceptors (Lipinski definition) is 4. The fourth-order valence-electron chi connectivity index (χ4n) is 2.12. The van der Waals surface area contributed by atoms with Crippen molar-refractivity contribution < 1.29 is 9.47 Å². The first kappa shape index (κ1) is 15.7. The van der Waals surface area contributed by atoms with E-state index in [1.165, 1.54) is 0 Å². The van der Waals surface area contributed by atoms with Crippen molar-refractivity contribution in [3.8, 4) is 11.5 Å². The molecule has 0 aliphatic rings. The molecule has 0 radical (unpaired) electrons. The van der Waals surface area contributed by atoms with Crippen LogP contribution in [0.2, 0.25) is 5.02 Å². The summed E-state index contributed by atoms with van der Waals surface area (Å²) in [5, 5.41) is 4.89. The topological polar surface area (TPSA) is 62.3 Å². The van der Waals surface area contributed by atoms with Crippen LogP contribution in [0.15, 0.2) is 24.4 Å². The number of aromatic nitrogens is 2. The smallest absolute Gasteiger partial charge is 0.165 e. The Morgan fingerprint density at radius 1 is 1.43 bits per heavy atom. The fourth-order valence-corrected chi connectivity index (χ4v) is 2.35. The van der Waals surface area contributed by atoms with Crippen molar-refractivity contribution in [3.05, 3.63) is 40.7 Å². The number of hydrogen-bond donors (Lipinski definition) is 1. The first-order chi connectivity index (χ1) is 9.99. The average molecular weight is 310 g/mol. The Bertz CT molecular complexity index is 611. The lowest BCUT2D eigenvalue weighted by atomic mass is 10.1. The molecule has 0 amide bonds. The maximum absolute atomic E-state index is 6.11. The van der Waals surface area contributed by atoms with E-state index in [0.29, 0.717) is 29.5 Å². The van der Waals surface area contributed by atoms with Gasteiger partial charge in [0.15, 0.2) is 11.5 Å². The standard InChI is InChI=1S/C15H20ClN3O2/c1-10(17)6-11-7-12(16)8-14(20-3)15(11)21-9-13-4-5-19(2)18-13/h4-5,7-8,10H,6,9,17H2,1-3H3. The van der Waals surface area contributed by atoms with Gasteiger partial charge in [0, 0.05) is 35.9 Å². The number of nitrogens with zero attached hydrogens (tertiary/aromatic N) is 2. The highest BCUT2D eigenvalue weighted by molar-refractivity contribution is 6.30. The molecule has 0 saturated carbocycles. The number of methoxy groups -OCH3 is 1. The van der Waals surface area contributed by atoms with Gasteiger partial charge >= 0.3 is 0 Å². The minimum atomic E-state index is 0.00498. The van der Waals surface area contributed by atoms with E-state index in [-0.39, 0.29) is 6.04 Å². The predicted molar refractivity (Wildman–Crippen MR) is 82.9 cm³/mol. The Labute approximate surface area is 129 Å². The minimum absolute atomic E-state index is 0.00498. The van der Waals surface area contributed by atoms with E-state index in [0.717, 1.165) is 11.3 Å². The summed E-state index contributed by atoms with van der Waals surface area (Å²) >= 11 is 6.11. The summed E-state index contributed by atoms with van der Waals surface area (Å²) in [6, 6.07) is 5.51. The van der Waals surface area contributed by atoms with E-state index in [2.05, 4.69) is 5.10 Å². The van der Waals surface area contributed by atoms with Crippen molar-refractivity contribution >= 4 is 11.6 Å². The van der Waals surface area contributed by atoms with Crippen LogP contribution in [0, 0.1) is 0 Å². The largest absolute Gasteiger partial charge is 0.493 e. The predicted octanol–water partition coefficient (Wildman–Crippen LogP) is 2.55. The monoisotopic (exact) mass is 309 g/mol. The minimum Gasteiger partial charge on any atom is -0.493 e. The van der Waals surface area contributed by atoms with Gasteiger partial charge in [-0.2, -0.15) is 5.10 Å². The lowest BCUT2D eigenvalue weighted by Crippen LogP contribution is -2.18. The van der Waals surface area contributed by atoms with Crippen LogP contribution in [-0.2, 0) is 20.1 Å². The number of ether oxygens (including phenoxy) is 2. The third-order valence-corrected chi connectivity index (χ3v) is 3.21. The Morgan fingerprint density at radius 2 is 2.19 bits per heavy atom. The zero-order valence-corrected chi connectivity index (χ0v) is 13.2. The molecule has 1 aromatic heterocycles. The molecule has 21 heavy (non-hydrogen) atoms. The molecular formula is C15H20ClN3O2. The van der Waals surface area contributed by atoms with Crippen LogP contribution in [-0.4, -0.2) is 22.9 Å². The molecule has 0 spiro atoms. The second-order valence-electron chi connectivity index (χ2n) is 5.05. The number of nitrogens with two attached hydrogens (primary N) is 1. The Kier molecular flexibility index (Phi) is 5.09. The molecule has 114 valence electrons. The van der Waals surface area contributed by atoms with Crippen molar-refractivity contribution in [3.63, 3.8) is 0 Å². The van der Waals surface area contributed by atoms with Gasteiger partial charge in [-0.1, -0.05) is 11.6 Å². The first-order valence-corrected chi connectivity index (χ1v) is 7.10. The van der Waals surface area contributed by atoms with E-state index < -0.39 is 0 Å².